The maximum absolute atomic E-state index is 11.4. The van der Waals surface area contributed by atoms with Crippen LogP contribution in [0.2, 0.25) is 0 Å². The molecule has 26 nitrogen and oxygen atoms in total. The largest absolute Gasteiger partial charge is 0.507 e. The van der Waals surface area contributed by atoms with Crippen molar-refractivity contribution in [3.8, 4) is 11.5 Å². The average molecular weight is 2210 g/mol. The zero-order valence-electron chi connectivity index (χ0n) is 59.9. The van der Waals surface area contributed by atoms with Gasteiger partial charge in [-0.1, -0.05) is 90.7 Å². The number of methoxy groups -OCH3 is 1. The Kier molecular flexibility index (Phi) is 37.1. The van der Waals surface area contributed by atoms with Crippen molar-refractivity contribution in [3.05, 3.63) is 107 Å². The number of fused-ring (bicyclic) bond motifs is 5. The van der Waals surface area contributed by atoms with Crippen LogP contribution in [-0.4, -0.2) is 170 Å². The molecule has 0 amide bonds. The van der Waals surface area contributed by atoms with Crippen molar-refractivity contribution in [2.24, 2.45) is 0 Å². The molecule has 12 heterocycles. The number of carbonyl (C=O) groups is 5. The highest BCUT2D eigenvalue weighted by Crippen LogP contribution is 2.39. The van der Waals surface area contributed by atoms with Crippen molar-refractivity contribution in [1.82, 2.24) is 65.8 Å². The molecule has 43 heteroatoms. The molecule has 14 rings (SSSR count). The Morgan fingerprint density at radius 3 is 1.38 bits per heavy atom. The fourth-order valence-electron chi connectivity index (χ4n) is 10.4. The highest BCUT2D eigenvalue weighted by molar-refractivity contribution is 14.1. The van der Waals surface area contributed by atoms with E-state index in [9.17, 15) is 24.0 Å². The second-order valence-corrected chi connectivity index (χ2v) is 42.5. The lowest BCUT2D eigenvalue weighted by molar-refractivity contribution is -0.140. The van der Waals surface area contributed by atoms with E-state index in [0.717, 1.165) is 111 Å². The summed E-state index contributed by atoms with van der Waals surface area (Å²) in [7, 11) is 5.89. The van der Waals surface area contributed by atoms with E-state index in [1.54, 1.807) is 95.0 Å². The van der Waals surface area contributed by atoms with Gasteiger partial charge in [-0.2, -0.15) is 0 Å². The minimum Gasteiger partial charge on any atom is -0.507 e. The first-order chi connectivity index (χ1) is 50.6. The highest BCUT2D eigenvalue weighted by Gasteiger charge is 2.40. The van der Waals surface area contributed by atoms with E-state index in [0.29, 0.717) is 55.4 Å². The summed E-state index contributed by atoms with van der Waals surface area (Å²) in [4.78, 5) is 108. The molecule has 6 N–H and O–H groups in total. The number of nitrogens with zero attached hydrogens (tertiary/aromatic N) is 12. The number of carbonyl (C=O) groups excluding carboxylic acids is 3. The fourth-order valence-corrected chi connectivity index (χ4v) is 22.6. The van der Waals surface area contributed by atoms with E-state index in [-0.39, 0.29) is 49.5 Å². The molecule has 2 aromatic carbocycles. The van der Waals surface area contributed by atoms with Gasteiger partial charge in [-0.25, -0.2) is 75.6 Å². The first-order valence-electron chi connectivity index (χ1n) is 31.6. The number of aromatic hydroxyl groups is 1. The molecular weight excluding hydrogens is 2140 g/mol. The monoisotopic (exact) mass is 2210 g/mol. The van der Waals surface area contributed by atoms with Gasteiger partial charge in [0, 0.05) is 55.4 Å². The van der Waals surface area contributed by atoms with E-state index < -0.39 is 23.9 Å². The Morgan fingerprint density at radius 2 is 0.981 bits per heavy atom. The maximum Gasteiger partial charge on any atom is 0.387 e. The molecule has 0 saturated carbocycles. The third kappa shape index (κ3) is 29.9. The summed E-state index contributed by atoms with van der Waals surface area (Å²) >= 11 is 34.5. The van der Waals surface area contributed by atoms with Crippen LogP contribution in [-0.2, 0) is 14.3 Å². The number of thiazole rings is 10. The molecular formula is C65H72Br5I2N15O11S10. The number of Topliss-reactive ketones (excluding diaryl/α,β-unsaturated/α-hetero) is 1. The first kappa shape index (κ1) is 93.1. The van der Waals surface area contributed by atoms with Gasteiger partial charge in [-0.3, -0.25) is 4.79 Å². The van der Waals surface area contributed by atoms with Crippen molar-refractivity contribution < 1.29 is 53.5 Å². The normalized spacial score (nSPS) is 14.4. The van der Waals surface area contributed by atoms with Crippen LogP contribution < -0.4 is 25.6 Å². The molecule has 2 saturated heterocycles. The number of nitrogens with one attached hydrogen (secondary N) is 3. The summed E-state index contributed by atoms with van der Waals surface area (Å²) in [6.45, 7) is 29.9. The summed E-state index contributed by atoms with van der Waals surface area (Å²) in [5.74, 6) is -2.06. The lowest BCUT2D eigenvalue weighted by Gasteiger charge is -2.48. The SMILES string of the molecule is Brc1nc2sc(Br)nc2s1.CCOC(=O)c1nc2sc(C(C)=O)nc2s1.CN(c1nc2sc(Br)nc2s1)C1CC(C)(C)NC(C)(C)C1.CNC1CC(C)(C)NC(C)(C)C1.COc1cc(I)ccc1Br.O=C(O)c1nc2sc(C(=O)O)nc2s1.Oc1cc(I)ccc1Br.[C-]#[N+]CC(=O)OCC.c1nc2scnc2s1. The number of phenols is 1. The first-order valence-corrected chi connectivity index (χ1v) is 46.0. The number of phenolic OH excluding ortho intramolecular Hbond substituents is 1. The van der Waals surface area contributed by atoms with Crippen LogP contribution in [0.5, 0.6) is 11.5 Å². The molecule has 2 aliphatic rings. The molecule has 0 aliphatic carbocycles. The number of aromatic nitrogens is 10. The lowest BCUT2D eigenvalue weighted by atomic mass is 9.79. The van der Waals surface area contributed by atoms with Crippen LogP contribution in [0, 0.1) is 13.7 Å². The van der Waals surface area contributed by atoms with Crippen LogP contribution in [0.15, 0.2) is 68.1 Å². The molecule has 108 heavy (non-hydrogen) atoms. The van der Waals surface area contributed by atoms with Crippen molar-refractivity contribution in [2.45, 2.75) is 136 Å². The van der Waals surface area contributed by atoms with E-state index in [2.05, 4.69) is 270 Å². The molecule has 2 fully saturated rings. The number of rotatable bonds is 11. The third-order valence-electron chi connectivity index (χ3n) is 13.9. The number of hydrogen-bond acceptors (Lipinski definition) is 33. The predicted octanol–water partition coefficient (Wildman–Crippen LogP) is 20.4. The van der Waals surface area contributed by atoms with Crippen molar-refractivity contribution in [1.29, 1.82) is 0 Å². The second kappa shape index (κ2) is 43.1. The van der Waals surface area contributed by atoms with Gasteiger partial charge < -0.3 is 55.2 Å². The van der Waals surface area contributed by atoms with Gasteiger partial charge in [0.15, 0.2) is 76.0 Å². The number of ketones is 1. The zero-order chi connectivity index (χ0) is 80.2. The maximum atomic E-state index is 11.4. The number of piperidine rings is 2. The number of hydrogen-bond donors (Lipinski definition) is 6. The van der Waals surface area contributed by atoms with Gasteiger partial charge in [0.1, 0.15) is 11.5 Å². The summed E-state index contributed by atoms with van der Waals surface area (Å²) in [5.41, 5.74) is 4.47. The number of ether oxygens (including phenoxy) is 3. The summed E-state index contributed by atoms with van der Waals surface area (Å²) in [5, 5.41) is 38.6. The Balaban J connectivity index is 0.000000194. The minimum atomic E-state index is -1.13. The van der Waals surface area contributed by atoms with Crippen molar-refractivity contribution in [2.75, 3.05) is 45.9 Å². The molecule has 582 valence electrons. The van der Waals surface area contributed by atoms with Gasteiger partial charge in [0.2, 0.25) is 15.0 Å². The molecule has 0 bridgehead atoms. The predicted molar refractivity (Wildman–Crippen MR) is 476 cm³/mol. The minimum absolute atomic E-state index is 0.0734. The van der Waals surface area contributed by atoms with Crippen molar-refractivity contribution in [3.63, 3.8) is 0 Å². The molecule has 0 unspecified atom stereocenters. The molecule has 0 spiro atoms. The van der Waals surface area contributed by atoms with Gasteiger partial charge in [-0.15, -0.1) is 22.7 Å². The topological polar surface area (TPSA) is 346 Å². The Morgan fingerprint density at radius 1 is 0.583 bits per heavy atom. The number of aromatic carboxylic acids is 2. The van der Waals surface area contributed by atoms with Gasteiger partial charge in [-0.05, 0) is 263 Å². The van der Waals surface area contributed by atoms with Crippen LogP contribution in [0.1, 0.15) is 141 Å². The highest BCUT2D eigenvalue weighted by atomic mass is 127. The smallest absolute Gasteiger partial charge is 0.387 e. The lowest BCUT2D eigenvalue weighted by Crippen LogP contribution is -2.61. The molecule has 12 aromatic rings. The summed E-state index contributed by atoms with van der Waals surface area (Å²) in [6, 6.07) is 12.6. The van der Waals surface area contributed by atoms with Crippen molar-refractivity contribution >= 4 is 321 Å². The number of halogens is 7. The quantitative estimate of drug-likeness (QED) is 0.0303. The molecule has 0 atom stereocenters. The zero-order valence-corrected chi connectivity index (χ0v) is 80.3. The number of benzene rings is 2. The fraction of sp³-hybridized carbons (Fsp3) is 0.415. The average Bonchev–Trinajstić information content (AvgIpc) is 1.36. The number of carboxylic acids is 2. The summed E-state index contributed by atoms with van der Waals surface area (Å²) < 4.78 is 21.0. The van der Waals surface area contributed by atoms with Crippen LogP contribution >= 0.6 is 238 Å². The number of carboxylic acid groups (broad SMARTS) is 2. The molecule has 2 aliphatic heterocycles. The van der Waals surface area contributed by atoms with Gasteiger partial charge >= 0.3 is 30.4 Å². The number of esters is 2. The Bertz CT molecular complexity index is 4760. The van der Waals surface area contributed by atoms with E-state index in [1.807, 2.05) is 41.4 Å². The van der Waals surface area contributed by atoms with Crippen LogP contribution in [0.3, 0.4) is 0 Å². The van der Waals surface area contributed by atoms with E-state index >= 15 is 0 Å². The van der Waals surface area contributed by atoms with Crippen LogP contribution in [0.4, 0.5) is 5.13 Å². The standard InChI is InChI=1S/C14H21BrN4S2.C10H22N2.C9H8N2O3S2.C7H6BrIO.C6H4BrIO.C6H2N2O4S2.C5H7NO2.C4Br2N2S2.C4H2N2S2/c1-13(2)6-8(7-14(3,4)18-13)19(5)12-17-10-9(21-12)16-11(15)20-10;1-9(2)6-8(11-5)7-10(3,4)12-9;1-3-14-9(13)8-11-7-6(16-8)10-5(15-7)4(2)12;1-10-7-4-5(9)2-3-6(7)8;7-5-2-1-4(8)3-6(5)9;9-5(10)3-7-1-2(14-3)8-4(13-1)6(11)12;1-3-8-5(7)4-6-2;5-3-7-1-2(10-3)8-4(6)9-1;1-5-3-4(7-1)6-2-8-3/h8,18H,6-7H2,1-5H3;8,11-12H,6-7H2,1-5H3;3H2,1-2H3;2-4H,1H3;1-3,9H;(H,9,10)(H,11,12);3-4H2,1H3;;1-2H. The number of anilines is 1. The summed E-state index contributed by atoms with van der Waals surface area (Å²) in [6.07, 6.45) is 4.68. The van der Waals surface area contributed by atoms with Gasteiger partial charge in [0.05, 0.1) is 40.3 Å². The Labute approximate surface area is 731 Å². The van der Waals surface area contributed by atoms with E-state index in [1.165, 1.54) is 34.7 Å². The van der Waals surface area contributed by atoms with Gasteiger partial charge in [0.25, 0.3) is 0 Å². The molecule has 0 radical (unpaired) electrons. The van der Waals surface area contributed by atoms with E-state index in [4.69, 9.17) is 36.3 Å². The third-order valence-corrected chi connectivity index (χ3v) is 27.8. The van der Waals surface area contributed by atoms with Crippen LogP contribution in [0.25, 0.3) is 53.1 Å². The Hall–Kier alpha value is -3.78. The second-order valence-electron chi connectivity index (χ2n) is 25.0. The molecule has 10 aromatic heterocycles.